The van der Waals surface area contributed by atoms with E-state index < -0.39 is 29.3 Å². The molecule has 0 aliphatic rings. The minimum atomic E-state index is -0.942. The Balaban J connectivity index is 2.49. The third-order valence-corrected chi connectivity index (χ3v) is 4.60. The van der Waals surface area contributed by atoms with Crippen molar-refractivity contribution in [2.45, 2.75) is 58.8 Å². The van der Waals surface area contributed by atoms with Crippen LogP contribution in [0.3, 0.4) is 0 Å². The fourth-order valence-electron chi connectivity index (χ4n) is 2.23. The molecule has 0 aliphatic heterocycles. The lowest BCUT2D eigenvalue weighted by Gasteiger charge is -2.22. The molecule has 0 spiro atoms. The number of carbonyl (C=O) groups is 3. The largest absolute Gasteiger partial charge is 0.459 e. The average Bonchev–Trinajstić information content (AvgIpc) is 3.14. The van der Waals surface area contributed by atoms with Gasteiger partial charge in [-0.15, -0.1) is 11.3 Å². The Hall–Kier alpha value is -2.92. The van der Waals surface area contributed by atoms with Crippen molar-refractivity contribution < 1.29 is 23.9 Å². The maximum Gasteiger partial charge on any atom is 0.414 e. The van der Waals surface area contributed by atoms with E-state index in [4.69, 9.17) is 15.2 Å². The first-order chi connectivity index (χ1) is 15.2. The summed E-state index contributed by atoms with van der Waals surface area (Å²) in [7, 11) is 1.54. The smallest absolute Gasteiger partial charge is 0.414 e. The van der Waals surface area contributed by atoms with Crippen molar-refractivity contribution in [2.75, 3.05) is 20.1 Å². The van der Waals surface area contributed by atoms with E-state index >= 15 is 0 Å². The van der Waals surface area contributed by atoms with Gasteiger partial charge >= 0.3 is 12.1 Å². The van der Waals surface area contributed by atoms with Gasteiger partial charge < -0.3 is 25.8 Å². The molecule has 10 nitrogen and oxygen atoms in total. The maximum atomic E-state index is 12.3. The molecular formula is C22H35N5O5S. The second-order valence-electron chi connectivity index (χ2n) is 9.03. The van der Waals surface area contributed by atoms with Crippen LogP contribution >= 0.6 is 11.3 Å². The summed E-state index contributed by atoms with van der Waals surface area (Å²) in [5, 5.41) is 8.14. The van der Waals surface area contributed by atoms with E-state index in [-0.39, 0.29) is 18.4 Å². The van der Waals surface area contributed by atoms with Gasteiger partial charge in [-0.2, -0.15) is 0 Å². The van der Waals surface area contributed by atoms with Gasteiger partial charge in [-0.1, -0.05) is 6.08 Å². The number of nitrogens with zero attached hydrogens (tertiary/aromatic N) is 1. The molecule has 0 saturated heterocycles. The molecule has 33 heavy (non-hydrogen) atoms. The van der Waals surface area contributed by atoms with Crippen molar-refractivity contribution >= 4 is 41.3 Å². The lowest BCUT2D eigenvalue weighted by Crippen LogP contribution is -2.45. The summed E-state index contributed by atoms with van der Waals surface area (Å²) >= 11 is 1.29. The number of esters is 1. The highest BCUT2D eigenvalue weighted by molar-refractivity contribution is 7.14. The number of thiophene rings is 1. The lowest BCUT2D eigenvalue weighted by atomic mass is 10.2. The summed E-state index contributed by atoms with van der Waals surface area (Å²) in [5.74, 6) is -0.610. The van der Waals surface area contributed by atoms with E-state index in [1.807, 2.05) is 12.2 Å². The van der Waals surface area contributed by atoms with Crippen LogP contribution in [0.15, 0.2) is 23.2 Å². The normalized spacial score (nSPS) is 13.4. The fraction of sp³-hybridized carbons (Fsp3) is 0.545. The number of nitrogens with two attached hydrogens (primary N) is 1. The molecular weight excluding hydrogens is 446 g/mol. The SMILES string of the molecule is CN=C(NC/C=C\c1ccc(C(=O)NC[C@H](N)C(=O)OC(C)(C)C)s1)NC(=O)OC(C)(C)C. The number of alkyl carbamates (subject to hydrolysis) is 1. The highest BCUT2D eigenvalue weighted by Gasteiger charge is 2.23. The number of carbonyl (C=O) groups excluding carboxylic acids is 3. The monoisotopic (exact) mass is 481 g/mol. The first kappa shape index (κ1) is 28.1. The van der Waals surface area contributed by atoms with Gasteiger partial charge in [0.1, 0.15) is 17.2 Å². The van der Waals surface area contributed by atoms with Gasteiger partial charge in [0.2, 0.25) is 5.96 Å². The topological polar surface area (TPSA) is 144 Å². The van der Waals surface area contributed by atoms with Gasteiger partial charge in [0.15, 0.2) is 0 Å². The van der Waals surface area contributed by atoms with Gasteiger partial charge in [0, 0.05) is 25.0 Å². The van der Waals surface area contributed by atoms with Crippen molar-refractivity contribution in [1.29, 1.82) is 0 Å². The summed E-state index contributed by atoms with van der Waals surface area (Å²) in [6.45, 7) is 10.9. The van der Waals surface area contributed by atoms with Gasteiger partial charge in [0.25, 0.3) is 5.91 Å². The molecule has 1 atom stereocenters. The molecule has 5 N–H and O–H groups in total. The number of ether oxygens (including phenoxy) is 2. The van der Waals surface area contributed by atoms with E-state index in [1.165, 1.54) is 11.3 Å². The van der Waals surface area contributed by atoms with Crippen LogP contribution in [0.2, 0.25) is 0 Å². The van der Waals surface area contributed by atoms with Crippen molar-refractivity contribution in [3.05, 3.63) is 28.0 Å². The third-order valence-electron chi connectivity index (χ3n) is 3.56. The van der Waals surface area contributed by atoms with Crippen molar-refractivity contribution in [1.82, 2.24) is 16.0 Å². The lowest BCUT2D eigenvalue weighted by molar-refractivity contribution is -0.156. The molecule has 0 bridgehead atoms. The zero-order valence-electron chi connectivity index (χ0n) is 20.3. The number of rotatable bonds is 7. The number of nitrogens with one attached hydrogen (secondary N) is 3. The van der Waals surface area contributed by atoms with Gasteiger partial charge in [-0.3, -0.25) is 19.9 Å². The summed E-state index contributed by atoms with van der Waals surface area (Å²) in [4.78, 5) is 41.3. The average molecular weight is 482 g/mol. The highest BCUT2D eigenvalue weighted by atomic mass is 32.1. The zero-order valence-corrected chi connectivity index (χ0v) is 21.1. The Kier molecular flexibility index (Phi) is 10.5. The second-order valence-corrected chi connectivity index (χ2v) is 10.1. The number of hydrogen-bond donors (Lipinski definition) is 4. The van der Waals surface area contributed by atoms with E-state index in [0.717, 1.165) is 4.88 Å². The number of hydrogen-bond acceptors (Lipinski definition) is 8. The Morgan fingerprint density at radius 1 is 1.09 bits per heavy atom. The quantitative estimate of drug-likeness (QED) is 0.266. The molecule has 1 aromatic heterocycles. The number of aliphatic imine (C=N–C) groups is 1. The molecule has 0 aliphatic carbocycles. The van der Waals surface area contributed by atoms with E-state index in [1.54, 1.807) is 60.7 Å². The van der Waals surface area contributed by atoms with Crippen LogP contribution in [-0.4, -0.2) is 61.3 Å². The second kappa shape index (κ2) is 12.4. The molecule has 0 fully saturated rings. The maximum absolute atomic E-state index is 12.3. The summed E-state index contributed by atoms with van der Waals surface area (Å²) in [6, 6.07) is 2.55. The van der Waals surface area contributed by atoms with Crippen molar-refractivity contribution in [3.63, 3.8) is 0 Å². The molecule has 0 radical (unpaired) electrons. The summed E-state index contributed by atoms with van der Waals surface area (Å²) < 4.78 is 10.4. The standard InChI is InChI=1S/C22H35N5O5S/c1-21(2,3)31-18(29)15(23)13-26-17(28)16-11-10-14(33-16)9-8-12-25-19(24-7)27-20(30)32-22(4,5)6/h8-11,15H,12-13,23H2,1-7H3,(H,26,28)(H2,24,25,27,30)/b9-8-/t15-/m0/s1. The van der Waals surface area contributed by atoms with Gasteiger partial charge in [-0.25, -0.2) is 4.79 Å². The Labute approximate surface area is 199 Å². The number of guanidine groups is 1. The Morgan fingerprint density at radius 2 is 1.73 bits per heavy atom. The first-order valence-corrected chi connectivity index (χ1v) is 11.3. The predicted octanol–water partition coefficient (Wildman–Crippen LogP) is 2.26. The van der Waals surface area contributed by atoms with Gasteiger partial charge in [0.05, 0.1) is 4.88 Å². The minimum absolute atomic E-state index is 0.0233. The van der Waals surface area contributed by atoms with Crippen LogP contribution in [0, 0.1) is 0 Å². The molecule has 0 aromatic carbocycles. The van der Waals surface area contributed by atoms with Crippen LogP contribution in [-0.2, 0) is 14.3 Å². The van der Waals surface area contributed by atoms with Crippen LogP contribution in [0.4, 0.5) is 4.79 Å². The summed E-state index contributed by atoms with van der Waals surface area (Å²) in [6.07, 6.45) is 3.06. The minimum Gasteiger partial charge on any atom is -0.459 e. The predicted molar refractivity (Wildman–Crippen MR) is 130 cm³/mol. The zero-order chi connectivity index (χ0) is 25.2. The van der Waals surface area contributed by atoms with Crippen LogP contribution in [0.25, 0.3) is 6.08 Å². The van der Waals surface area contributed by atoms with E-state index in [0.29, 0.717) is 11.4 Å². The highest BCUT2D eigenvalue weighted by Crippen LogP contribution is 2.17. The fourth-order valence-corrected chi connectivity index (χ4v) is 3.08. The van der Waals surface area contributed by atoms with E-state index in [2.05, 4.69) is 20.9 Å². The molecule has 184 valence electrons. The van der Waals surface area contributed by atoms with Gasteiger partial charge in [-0.05, 0) is 59.8 Å². The Morgan fingerprint density at radius 3 is 2.30 bits per heavy atom. The molecule has 11 heteroatoms. The van der Waals surface area contributed by atoms with Crippen molar-refractivity contribution in [3.8, 4) is 0 Å². The third kappa shape index (κ3) is 12.0. The molecule has 2 amide bonds. The molecule has 0 unspecified atom stereocenters. The summed E-state index contributed by atoms with van der Waals surface area (Å²) in [5.41, 5.74) is 4.54. The first-order valence-electron chi connectivity index (χ1n) is 10.4. The molecule has 0 saturated carbocycles. The molecule has 1 heterocycles. The Bertz CT molecular complexity index is 880. The molecule has 1 rings (SSSR count). The van der Waals surface area contributed by atoms with Crippen LogP contribution in [0.5, 0.6) is 0 Å². The van der Waals surface area contributed by atoms with Crippen molar-refractivity contribution in [2.24, 2.45) is 10.7 Å². The number of amides is 2. The van der Waals surface area contributed by atoms with E-state index in [9.17, 15) is 14.4 Å². The van der Waals surface area contributed by atoms with Crippen LogP contribution < -0.4 is 21.7 Å². The van der Waals surface area contributed by atoms with Crippen LogP contribution in [0.1, 0.15) is 56.1 Å². The molecule has 1 aromatic rings.